The minimum absolute atomic E-state index is 0.136. The molecule has 0 bridgehead atoms. The van der Waals surface area contributed by atoms with Crippen molar-refractivity contribution in [2.45, 2.75) is 75.0 Å². The summed E-state index contributed by atoms with van der Waals surface area (Å²) in [6.45, 7) is 0. The fraction of sp³-hybridized carbons (Fsp3) is 0.929. The molecule has 0 aliphatic heterocycles. The molecule has 4 nitrogen and oxygen atoms in total. The molecule has 0 aromatic rings. The summed E-state index contributed by atoms with van der Waals surface area (Å²) < 4.78 is 0. The van der Waals surface area contributed by atoms with E-state index in [1.165, 1.54) is 32.1 Å². The number of rotatable bonds is 5. The second-order valence-electron chi connectivity index (χ2n) is 6.51. The summed E-state index contributed by atoms with van der Waals surface area (Å²) in [6, 6.07) is 1.84. The van der Waals surface area contributed by atoms with Gasteiger partial charge in [-0.25, -0.2) is 0 Å². The van der Waals surface area contributed by atoms with Crippen LogP contribution in [0, 0.1) is 0 Å². The van der Waals surface area contributed by atoms with E-state index in [1.807, 2.05) is 0 Å². The molecule has 2 atom stereocenters. The Labute approximate surface area is 109 Å². The average Bonchev–Trinajstić information content (AvgIpc) is 3.21. The van der Waals surface area contributed by atoms with E-state index in [0.717, 1.165) is 25.3 Å². The maximum absolute atomic E-state index is 11.9. The highest BCUT2D eigenvalue weighted by Gasteiger charge is 2.46. The molecule has 3 rings (SSSR count). The summed E-state index contributed by atoms with van der Waals surface area (Å²) in [7, 11) is 2.22. The third-order valence-electron chi connectivity index (χ3n) is 4.95. The van der Waals surface area contributed by atoms with E-state index in [1.54, 1.807) is 0 Å². The van der Waals surface area contributed by atoms with Crippen molar-refractivity contribution in [2.24, 2.45) is 5.73 Å². The van der Waals surface area contributed by atoms with E-state index < -0.39 is 5.54 Å². The maximum atomic E-state index is 11.9. The first kappa shape index (κ1) is 12.4. The van der Waals surface area contributed by atoms with E-state index >= 15 is 0 Å². The summed E-state index contributed by atoms with van der Waals surface area (Å²) in [5, 5.41) is 3.55. The van der Waals surface area contributed by atoms with Crippen LogP contribution in [-0.2, 0) is 4.79 Å². The SMILES string of the molecule is CN(C1CC1)C1CCCC(NC2CC2)(C(N)=O)C1. The molecule has 1 amide bonds. The van der Waals surface area contributed by atoms with Crippen LogP contribution in [0.1, 0.15) is 51.4 Å². The molecule has 102 valence electrons. The normalized spacial score (nSPS) is 36.9. The molecule has 3 aliphatic carbocycles. The minimum atomic E-state index is -0.423. The lowest BCUT2D eigenvalue weighted by Gasteiger charge is -2.42. The summed E-state index contributed by atoms with van der Waals surface area (Å²) in [4.78, 5) is 14.4. The van der Waals surface area contributed by atoms with Gasteiger partial charge in [0.15, 0.2) is 0 Å². The number of amides is 1. The summed E-state index contributed by atoms with van der Waals surface area (Å²) in [5.74, 6) is -0.136. The molecule has 0 saturated heterocycles. The predicted octanol–water partition coefficient (Wildman–Crippen LogP) is 0.999. The molecular formula is C14H25N3O. The minimum Gasteiger partial charge on any atom is -0.368 e. The molecule has 0 aromatic heterocycles. The zero-order chi connectivity index (χ0) is 12.8. The standard InChI is InChI=1S/C14H25N3O/c1-17(11-6-7-11)12-3-2-8-14(9-12,13(15)18)16-10-4-5-10/h10-12,16H,2-9H2,1H3,(H2,15,18). The van der Waals surface area contributed by atoms with Crippen molar-refractivity contribution in [1.82, 2.24) is 10.2 Å². The van der Waals surface area contributed by atoms with Gasteiger partial charge in [0.1, 0.15) is 0 Å². The van der Waals surface area contributed by atoms with Crippen LogP contribution in [0.5, 0.6) is 0 Å². The molecule has 0 aromatic carbocycles. The van der Waals surface area contributed by atoms with Gasteiger partial charge in [0.25, 0.3) is 0 Å². The van der Waals surface area contributed by atoms with Gasteiger partial charge < -0.3 is 16.0 Å². The number of hydrogen-bond acceptors (Lipinski definition) is 3. The molecule has 0 heterocycles. The number of nitrogens with two attached hydrogens (primary N) is 1. The van der Waals surface area contributed by atoms with Gasteiger partial charge in [-0.05, 0) is 58.4 Å². The fourth-order valence-electron chi connectivity index (χ4n) is 3.42. The van der Waals surface area contributed by atoms with Gasteiger partial charge >= 0.3 is 0 Å². The smallest absolute Gasteiger partial charge is 0.237 e. The van der Waals surface area contributed by atoms with Crippen molar-refractivity contribution in [2.75, 3.05) is 7.05 Å². The van der Waals surface area contributed by atoms with Gasteiger partial charge in [-0.3, -0.25) is 4.79 Å². The van der Waals surface area contributed by atoms with Crippen LogP contribution in [0.2, 0.25) is 0 Å². The first-order valence-electron chi connectivity index (χ1n) is 7.40. The summed E-state index contributed by atoms with van der Waals surface area (Å²) in [6.07, 6.45) is 9.23. The molecule has 3 aliphatic rings. The van der Waals surface area contributed by atoms with Gasteiger partial charge in [0.05, 0.1) is 5.54 Å². The Morgan fingerprint density at radius 2 is 1.94 bits per heavy atom. The van der Waals surface area contributed by atoms with Crippen molar-refractivity contribution >= 4 is 5.91 Å². The Hall–Kier alpha value is -0.610. The first-order valence-corrected chi connectivity index (χ1v) is 7.40. The highest BCUT2D eigenvalue weighted by atomic mass is 16.1. The zero-order valence-electron chi connectivity index (χ0n) is 11.3. The molecular weight excluding hydrogens is 226 g/mol. The fourth-order valence-corrected chi connectivity index (χ4v) is 3.42. The highest BCUT2D eigenvalue weighted by molar-refractivity contribution is 5.85. The molecule has 0 radical (unpaired) electrons. The number of primary amides is 1. The average molecular weight is 251 g/mol. The van der Waals surface area contributed by atoms with Crippen molar-refractivity contribution in [3.63, 3.8) is 0 Å². The topological polar surface area (TPSA) is 58.4 Å². The second-order valence-corrected chi connectivity index (χ2v) is 6.51. The van der Waals surface area contributed by atoms with Gasteiger partial charge in [-0.2, -0.15) is 0 Å². The molecule has 3 saturated carbocycles. The van der Waals surface area contributed by atoms with E-state index in [0.29, 0.717) is 12.1 Å². The largest absolute Gasteiger partial charge is 0.368 e. The number of carbonyl (C=O) groups excluding carboxylic acids is 1. The van der Waals surface area contributed by atoms with Crippen molar-refractivity contribution < 1.29 is 4.79 Å². The monoisotopic (exact) mass is 251 g/mol. The van der Waals surface area contributed by atoms with Crippen LogP contribution in [-0.4, -0.2) is 41.5 Å². The quantitative estimate of drug-likeness (QED) is 0.766. The van der Waals surface area contributed by atoms with Gasteiger partial charge in [0.2, 0.25) is 5.91 Å². The van der Waals surface area contributed by atoms with Gasteiger partial charge in [0, 0.05) is 18.1 Å². The lowest BCUT2D eigenvalue weighted by molar-refractivity contribution is -0.126. The van der Waals surface area contributed by atoms with Crippen molar-refractivity contribution in [1.29, 1.82) is 0 Å². The zero-order valence-corrected chi connectivity index (χ0v) is 11.3. The number of nitrogens with zero attached hydrogens (tertiary/aromatic N) is 1. The highest BCUT2D eigenvalue weighted by Crippen LogP contribution is 2.37. The summed E-state index contributed by atoms with van der Waals surface area (Å²) >= 11 is 0. The van der Waals surface area contributed by atoms with Crippen LogP contribution < -0.4 is 11.1 Å². The molecule has 18 heavy (non-hydrogen) atoms. The lowest BCUT2D eigenvalue weighted by Crippen LogP contribution is -2.61. The van der Waals surface area contributed by atoms with Crippen LogP contribution in [0.3, 0.4) is 0 Å². The Morgan fingerprint density at radius 3 is 2.50 bits per heavy atom. The second kappa shape index (κ2) is 4.49. The molecule has 0 spiro atoms. The predicted molar refractivity (Wildman–Crippen MR) is 71.1 cm³/mol. The van der Waals surface area contributed by atoms with Crippen LogP contribution in [0.25, 0.3) is 0 Å². The van der Waals surface area contributed by atoms with Crippen LogP contribution >= 0.6 is 0 Å². The number of hydrogen-bond donors (Lipinski definition) is 2. The Morgan fingerprint density at radius 1 is 1.22 bits per heavy atom. The number of carbonyl (C=O) groups is 1. The molecule has 3 N–H and O–H groups in total. The third-order valence-corrected chi connectivity index (χ3v) is 4.95. The maximum Gasteiger partial charge on any atom is 0.237 e. The van der Waals surface area contributed by atoms with Crippen molar-refractivity contribution in [3.05, 3.63) is 0 Å². The van der Waals surface area contributed by atoms with Gasteiger partial charge in [-0.1, -0.05) is 0 Å². The van der Waals surface area contributed by atoms with E-state index in [9.17, 15) is 4.79 Å². The van der Waals surface area contributed by atoms with E-state index in [2.05, 4.69) is 17.3 Å². The lowest BCUT2D eigenvalue weighted by atomic mass is 9.77. The van der Waals surface area contributed by atoms with Gasteiger partial charge in [-0.15, -0.1) is 0 Å². The molecule has 3 fully saturated rings. The molecule has 4 heteroatoms. The van der Waals surface area contributed by atoms with E-state index in [4.69, 9.17) is 5.73 Å². The first-order chi connectivity index (χ1) is 8.61. The summed E-state index contributed by atoms with van der Waals surface area (Å²) in [5.41, 5.74) is 5.29. The van der Waals surface area contributed by atoms with Crippen LogP contribution in [0.4, 0.5) is 0 Å². The number of nitrogens with one attached hydrogen (secondary N) is 1. The molecule has 2 unspecified atom stereocenters. The Bertz CT molecular complexity index is 338. The third kappa shape index (κ3) is 2.41. The van der Waals surface area contributed by atoms with Crippen LogP contribution in [0.15, 0.2) is 0 Å². The van der Waals surface area contributed by atoms with E-state index in [-0.39, 0.29) is 5.91 Å². The Kier molecular flexibility index (Phi) is 3.10. The Balaban J connectivity index is 1.70. The van der Waals surface area contributed by atoms with Crippen molar-refractivity contribution in [3.8, 4) is 0 Å².